The van der Waals surface area contributed by atoms with Gasteiger partial charge in [0.25, 0.3) is 0 Å². The lowest BCUT2D eigenvalue weighted by molar-refractivity contribution is 0.0476. The van der Waals surface area contributed by atoms with Crippen LogP contribution in [0.4, 0.5) is 0 Å². The van der Waals surface area contributed by atoms with Crippen molar-refractivity contribution in [1.82, 2.24) is 4.73 Å². The van der Waals surface area contributed by atoms with Crippen LogP contribution < -0.4 is 14.2 Å². The van der Waals surface area contributed by atoms with E-state index in [1.807, 2.05) is 0 Å². The van der Waals surface area contributed by atoms with Crippen LogP contribution in [0.1, 0.15) is 17.4 Å². The van der Waals surface area contributed by atoms with Crippen molar-refractivity contribution in [2.75, 3.05) is 27.9 Å². The van der Waals surface area contributed by atoms with Crippen LogP contribution in [0.3, 0.4) is 0 Å². The standard InChI is InChI=1S/C16H17Cl2NO6/c1-5-25-16(20)12-11(17)10(15(18)19(12)21)8-6-7-9(22-2)14(24-4)13(8)23-3/h6-7,21H,5H2,1-4H3. The van der Waals surface area contributed by atoms with Crippen molar-refractivity contribution in [1.29, 1.82) is 0 Å². The molecule has 1 N–H and O–H groups in total. The van der Waals surface area contributed by atoms with Crippen LogP contribution in [0.5, 0.6) is 17.2 Å². The Morgan fingerprint density at radius 1 is 1.12 bits per heavy atom. The molecule has 7 nitrogen and oxygen atoms in total. The molecule has 2 rings (SSSR count). The topological polar surface area (TPSA) is 79.2 Å². The van der Waals surface area contributed by atoms with Crippen molar-refractivity contribution >= 4 is 29.2 Å². The molecule has 0 amide bonds. The van der Waals surface area contributed by atoms with E-state index < -0.39 is 5.97 Å². The number of aromatic nitrogens is 1. The molecule has 1 heterocycles. The third-order valence-electron chi connectivity index (χ3n) is 3.47. The summed E-state index contributed by atoms with van der Waals surface area (Å²) in [5.41, 5.74) is 0.334. The lowest BCUT2D eigenvalue weighted by atomic mass is 10.1. The highest BCUT2D eigenvalue weighted by Crippen LogP contribution is 2.49. The lowest BCUT2D eigenvalue weighted by Crippen LogP contribution is -2.10. The van der Waals surface area contributed by atoms with E-state index in [9.17, 15) is 10.0 Å². The minimum atomic E-state index is -0.803. The van der Waals surface area contributed by atoms with Gasteiger partial charge in [-0.2, -0.15) is 4.73 Å². The van der Waals surface area contributed by atoms with Gasteiger partial charge in [0.1, 0.15) is 0 Å². The van der Waals surface area contributed by atoms with Crippen LogP contribution in [0, 0.1) is 0 Å². The molecule has 25 heavy (non-hydrogen) atoms. The summed E-state index contributed by atoms with van der Waals surface area (Å²) in [7, 11) is 4.37. The first-order valence-electron chi connectivity index (χ1n) is 7.18. The summed E-state index contributed by atoms with van der Waals surface area (Å²) < 4.78 is 21.3. The number of nitrogens with zero attached hydrogens (tertiary/aromatic N) is 1. The number of hydrogen-bond donors (Lipinski definition) is 1. The average molecular weight is 390 g/mol. The van der Waals surface area contributed by atoms with Crippen LogP contribution in [-0.4, -0.2) is 43.8 Å². The second-order valence-corrected chi connectivity index (χ2v) is 5.48. The van der Waals surface area contributed by atoms with Crippen molar-refractivity contribution in [3.8, 4) is 28.4 Å². The molecular formula is C16H17Cl2NO6. The van der Waals surface area contributed by atoms with E-state index in [4.69, 9.17) is 42.1 Å². The fourth-order valence-corrected chi connectivity index (χ4v) is 3.09. The molecule has 0 aliphatic carbocycles. The SMILES string of the molecule is CCOC(=O)c1c(Cl)c(-c2ccc(OC)c(OC)c2OC)c(Cl)n1O. The van der Waals surface area contributed by atoms with Gasteiger partial charge in [-0.25, -0.2) is 4.79 Å². The molecule has 1 aromatic carbocycles. The number of carbonyl (C=O) groups is 1. The first-order chi connectivity index (χ1) is 11.9. The van der Waals surface area contributed by atoms with Crippen molar-refractivity contribution in [3.05, 3.63) is 28.0 Å². The van der Waals surface area contributed by atoms with Crippen LogP contribution in [0.2, 0.25) is 10.2 Å². The van der Waals surface area contributed by atoms with E-state index in [-0.39, 0.29) is 33.8 Å². The highest BCUT2D eigenvalue weighted by atomic mass is 35.5. The van der Waals surface area contributed by atoms with Crippen LogP contribution in [-0.2, 0) is 4.74 Å². The van der Waals surface area contributed by atoms with Gasteiger partial charge in [0.15, 0.2) is 22.3 Å². The van der Waals surface area contributed by atoms with Gasteiger partial charge in [0.2, 0.25) is 5.75 Å². The third kappa shape index (κ3) is 3.17. The Labute approximate surface area is 154 Å². The summed E-state index contributed by atoms with van der Waals surface area (Å²) in [5, 5.41) is 9.91. The summed E-state index contributed by atoms with van der Waals surface area (Å²) in [6, 6.07) is 3.25. The summed E-state index contributed by atoms with van der Waals surface area (Å²) in [6.07, 6.45) is 0. The van der Waals surface area contributed by atoms with Crippen molar-refractivity contribution in [2.45, 2.75) is 6.92 Å². The minimum absolute atomic E-state index is 0.0727. The first kappa shape index (κ1) is 19.1. The van der Waals surface area contributed by atoms with Gasteiger partial charge in [-0.3, -0.25) is 0 Å². The quantitative estimate of drug-likeness (QED) is 0.595. The van der Waals surface area contributed by atoms with E-state index >= 15 is 0 Å². The number of methoxy groups -OCH3 is 3. The number of ether oxygens (including phenoxy) is 4. The molecule has 0 saturated carbocycles. The lowest BCUT2D eigenvalue weighted by Gasteiger charge is -2.15. The number of halogens is 2. The normalized spacial score (nSPS) is 10.5. The zero-order valence-corrected chi connectivity index (χ0v) is 15.6. The second-order valence-electron chi connectivity index (χ2n) is 4.74. The van der Waals surface area contributed by atoms with Gasteiger partial charge < -0.3 is 24.2 Å². The third-order valence-corrected chi connectivity index (χ3v) is 4.19. The second kappa shape index (κ2) is 7.76. The van der Waals surface area contributed by atoms with E-state index in [0.717, 1.165) is 0 Å². The summed E-state index contributed by atoms with van der Waals surface area (Å²) in [6.45, 7) is 1.75. The molecule has 0 aliphatic heterocycles. The maximum atomic E-state index is 12.0. The molecule has 9 heteroatoms. The number of hydrogen-bond acceptors (Lipinski definition) is 6. The highest BCUT2D eigenvalue weighted by Gasteiger charge is 2.30. The Kier molecular flexibility index (Phi) is 5.92. The van der Waals surface area contributed by atoms with Gasteiger partial charge in [0, 0.05) is 11.1 Å². The molecular weight excluding hydrogens is 373 g/mol. The van der Waals surface area contributed by atoms with Crippen molar-refractivity contribution in [3.63, 3.8) is 0 Å². The van der Waals surface area contributed by atoms with E-state index in [1.54, 1.807) is 19.1 Å². The largest absolute Gasteiger partial charge is 0.493 e. The molecule has 0 atom stereocenters. The molecule has 0 aliphatic rings. The summed E-state index contributed by atoms with van der Waals surface area (Å²) in [4.78, 5) is 12.0. The monoisotopic (exact) mass is 389 g/mol. The van der Waals surface area contributed by atoms with Gasteiger partial charge in [-0.05, 0) is 19.1 Å². The number of rotatable bonds is 6. The Morgan fingerprint density at radius 2 is 1.76 bits per heavy atom. The Morgan fingerprint density at radius 3 is 2.28 bits per heavy atom. The van der Waals surface area contributed by atoms with Gasteiger partial charge in [-0.1, -0.05) is 23.2 Å². The first-order valence-corrected chi connectivity index (χ1v) is 7.93. The average Bonchev–Trinajstić information content (AvgIpc) is 2.82. The van der Waals surface area contributed by atoms with E-state index in [2.05, 4.69) is 0 Å². The smallest absolute Gasteiger partial charge is 0.360 e. The number of esters is 1. The minimum Gasteiger partial charge on any atom is -0.493 e. The van der Waals surface area contributed by atoms with Gasteiger partial charge in [0.05, 0.1) is 33.0 Å². The zero-order valence-electron chi connectivity index (χ0n) is 14.1. The van der Waals surface area contributed by atoms with Gasteiger partial charge in [-0.15, -0.1) is 0 Å². The highest BCUT2D eigenvalue weighted by molar-refractivity contribution is 6.41. The predicted molar refractivity (Wildman–Crippen MR) is 92.7 cm³/mol. The molecule has 1 aromatic heterocycles. The fourth-order valence-electron chi connectivity index (χ4n) is 2.41. The molecule has 2 aromatic rings. The Balaban J connectivity index is 2.76. The van der Waals surface area contributed by atoms with Gasteiger partial charge >= 0.3 is 5.97 Å². The summed E-state index contributed by atoms with van der Waals surface area (Å²) in [5.74, 6) is 0.233. The Hall–Kier alpha value is -2.25. The zero-order chi connectivity index (χ0) is 18.7. The Bertz CT molecular complexity index is 803. The molecule has 136 valence electrons. The fraction of sp³-hybridized carbons (Fsp3) is 0.312. The van der Waals surface area contributed by atoms with Crippen LogP contribution >= 0.6 is 23.2 Å². The molecule has 0 bridgehead atoms. The molecule has 0 unspecified atom stereocenters. The maximum Gasteiger partial charge on any atom is 0.360 e. The van der Waals surface area contributed by atoms with Crippen molar-refractivity contribution in [2.24, 2.45) is 0 Å². The number of carbonyl (C=O) groups excluding carboxylic acids is 1. The molecule has 0 fully saturated rings. The van der Waals surface area contributed by atoms with Crippen molar-refractivity contribution < 1.29 is 28.9 Å². The predicted octanol–water partition coefficient (Wildman–Crippen LogP) is 3.90. The molecule has 0 radical (unpaired) electrons. The van der Waals surface area contributed by atoms with Crippen LogP contribution in [0.15, 0.2) is 12.1 Å². The number of benzene rings is 1. The summed E-state index contributed by atoms with van der Waals surface area (Å²) >= 11 is 12.5. The maximum absolute atomic E-state index is 12.0. The van der Waals surface area contributed by atoms with E-state index in [0.29, 0.717) is 21.8 Å². The molecule has 0 spiro atoms. The van der Waals surface area contributed by atoms with Crippen LogP contribution in [0.25, 0.3) is 11.1 Å². The van der Waals surface area contributed by atoms with E-state index in [1.165, 1.54) is 21.3 Å². The molecule has 0 saturated heterocycles.